The van der Waals surface area contributed by atoms with Gasteiger partial charge in [0.25, 0.3) is 0 Å². The zero-order valence-electron chi connectivity index (χ0n) is 19.7. The number of aliphatic hydroxyl groups is 3. The van der Waals surface area contributed by atoms with Crippen molar-refractivity contribution in [2.75, 3.05) is 0 Å². The first-order valence-corrected chi connectivity index (χ1v) is 12.2. The van der Waals surface area contributed by atoms with E-state index in [1.807, 2.05) is 20.8 Å². The normalized spacial score (nSPS) is 38.1. The van der Waals surface area contributed by atoms with Crippen LogP contribution in [0.3, 0.4) is 0 Å². The van der Waals surface area contributed by atoms with E-state index in [9.17, 15) is 15.3 Å². The Hall–Kier alpha value is -0.900. The Kier molecular flexibility index (Phi) is 7.37. The van der Waals surface area contributed by atoms with E-state index >= 15 is 0 Å². The van der Waals surface area contributed by atoms with Gasteiger partial charge in [-0.15, -0.1) is 0 Å². The Morgan fingerprint density at radius 1 is 1.20 bits per heavy atom. The second-order valence-electron chi connectivity index (χ2n) is 11.2. The quantitative estimate of drug-likeness (QED) is 0.520. The van der Waals surface area contributed by atoms with Crippen LogP contribution in [0.25, 0.3) is 0 Å². The number of hydrogen-bond acceptors (Lipinski definition) is 3. The Balaban J connectivity index is 1.75. The summed E-state index contributed by atoms with van der Waals surface area (Å²) in [5.41, 5.74) is 3.29. The van der Waals surface area contributed by atoms with Crippen LogP contribution in [0, 0.1) is 23.2 Å². The van der Waals surface area contributed by atoms with Crippen molar-refractivity contribution in [3.63, 3.8) is 0 Å². The minimum atomic E-state index is -0.734. The summed E-state index contributed by atoms with van der Waals surface area (Å²) >= 11 is 0. The van der Waals surface area contributed by atoms with Gasteiger partial charge >= 0.3 is 0 Å². The molecular weight excluding hydrogens is 372 g/mol. The van der Waals surface area contributed by atoms with Gasteiger partial charge in [-0.25, -0.2) is 0 Å². The average molecular weight is 417 g/mol. The van der Waals surface area contributed by atoms with Gasteiger partial charge in [0.15, 0.2) is 0 Å². The molecule has 3 saturated carbocycles. The van der Waals surface area contributed by atoms with Gasteiger partial charge in [-0.1, -0.05) is 50.6 Å². The molecule has 0 aromatic rings. The Labute approximate surface area is 184 Å². The van der Waals surface area contributed by atoms with Gasteiger partial charge in [0.2, 0.25) is 0 Å². The van der Waals surface area contributed by atoms with Crippen molar-refractivity contribution in [1.29, 1.82) is 0 Å². The lowest BCUT2D eigenvalue weighted by Crippen LogP contribution is -2.45. The van der Waals surface area contributed by atoms with Gasteiger partial charge in [0, 0.05) is 0 Å². The van der Waals surface area contributed by atoms with E-state index in [2.05, 4.69) is 25.7 Å². The van der Waals surface area contributed by atoms with Crippen molar-refractivity contribution in [2.45, 2.75) is 110 Å². The van der Waals surface area contributed by atoms with Crippen molar-refractivity contribution in [2.24, 2.45) is 23.2 Å². The molecule has 170 valence electrons. The van der Waals surface area contributed by atoms with Crippen molar-refractivity contribution in [3.8, 4) is 0 Å². The zero-order chi connectivity index (χ0) is 22.1. The van der Waals surface area contributed by atoms with Gasteiger partial charge in [0.1, 0.15) is 0 Å². The third-order valence-electron chi connectivity index (χ3n) is 8.62. The first-order valence-electron chi connectivity index (χ1n) is 12.2. The van der Waals surface area contributed by atoms with Crippen molar-refractivity contribution < 1.29 is 15.3 Å². The van der Waals surface area contributed by atoms with Gasteiger partial charge in [0.05, 0.1) is 17.8 Å². The summed E-state index contributed by atoms with van der Waals surface area (Å²) in [5, 5.41) is 31.7. The van der Waals surface area contributed by atoms with Gasteiger partial charge < -0.3 is 15.3 Å². The van der Waals surface area contributed by atoms with Gasteiger partial charge in [-0.3, -0.25) is 0 Å². The number of aliphatic hydroxyl groups excluding tert-OH is 2. The van der Waals surface area contributed by atoms with Crippen LogP contribution >= 0.6 is 0 Å². The Morgan fingerprint density at radius 2 is 1.93 bits per heavy atom. The SMILES string of the molecule is C=C1CC[C@H](O)CC1=CC=C1CCC[C@@]2(C)[C@H]1CC[C@@H]2[C@@](C)(O)CC[C@@H](O)C(C)C. The smallest absolute Gasteiger partial charge is 0.0654 e. The summed E-state index contributed by atoms with van der Waals surface area (Å²) in [6, 6.07) is 0. The predicted molar refractivity (Wildman–Crippen MR) is 124 cm³/mol. The summed E-state index contributed by atoms with van der Waals surface area (Å²) in [4.78, 5) is 0. The number of fused-ring (bicyclic) bond motifs is 1. The van der Waals surface area contributed by atoms with E-state index in [4.69, 9.17) is 0 Å². The Morgan fingerprint density at radius 3 is 2.63 bits per heavy atom. The molecule has 30 heavy (non-hydrogen) atoms. The highest BCUT2D eigenvalue weighted by Crippen LogP contribution is 2.60. The van der Waals surface area contributed by atoms with E-state index in [0.717, 1.165) is 38.5 Å². The summed E-state index contributed by atoms with van der Waals surface area (Å²) in [7, 11) is 0. The summed E-state index contributed by atoms with van der Waals surface area (Å²) in [6.45, 7) is 12.7. The molecule has 0 bridgehead atoms. The van der Waals surface area contributed by atoms with Crippen molar-refractivity contribution >= 4 is 0 Å². The van der Waals surface area contributed by atoms with E-state index in [0.29, 0.717) is 18.8 Å². The molecule has 3 nitrogen and oxygen atoms in total. The number of rotatable bonds is 6. The van der Waals surface area contributed by atoms with Crippen LogP contribution in [0.1, 0.15) is 91.9 Å². The predicted octanol–water partition coefficient (Wildman–Crippen LogP) is 5.70. The van der Waals surface area contributed by atoms with Crippen LogP contribution in [0.5, 0.6) is 0 Å². The third kappa shape index (κ3) is 4.95. The molecule has 3 fully saturated rings. The van der Waals surface area contributed by atoms with Gasteiger partial charge in [-0.05, 0) is 99.9 Å². The standard InChI is InChI=1S/C27H44O3/c1-18(2)24(29)14-16-27(5,30)25-13-12-23-20(7-6-15-26(23,25)4)9-10-21-17-22(28)11-8-19(21)3/h9-10,18,22-25,28-30H,3,6-8,11-17H2,1-2,4-5H3/t22-,23-,24+,25-,26-,27-/m0/s1. The van der Waals surface area contributed by atoms with Crippen LogP contribution in [-0.4, -0.2) is 33.1 Å². The first-order chi connectivity index (χ1) is 14.0. The minimum Gasteiger partial charge on any atom is -0.393 e. The average Bonchev–Trinajstić information content (AvgIpc) is 3.05. The molecule has 3 aliphatic rings. The van der Waals surface area contributed by atoms with Crippen LogP contribution < -0.4 is 0 Å². The fraction of sp³-hybridized carbons (Fsp3) is 0.778. The van der Waals surface area contributed by atoms with Gasteiger partial charge in [-0.2, -0.15) is 0 Å². The molecule has 3 aliphatic carbocycles. The van der Waals surface area contributed by atoms with Crippen LogP contribution in [0.4, 0.5) is 0 Å². The second kappa shape index (κ2) is 9.30. The highest BCUT2D eigenvalue weighted by atomic mass is 16.3. The number of hydrogen-bond donors (Lipinski definition) is 3. The van der Waals surface area contributed by atoms with Crippen LogP contribution in [0.15, 0.2) is 35.5 Å². The maximum atomic E-state index is 11.5. The summed E-state index contributed by atoms with van der Waals surface area (Å²) < 4.78 is 0. The highest BCUT2D eigenvalue weighted by molar-refractivity contribution is 5.36. The first kappa shape index (κ1) is 23.8. The molecule has 3 N–H and O–H groups in total. The van der Waals surface area contributed by atoms with Crippen molar-refractivity contribution in [3.05, 3.63) is 35.5 Å². The number of allylic oxidation sites excluding steroid dienone is 4. The molecule has 0 aromatic heterocycles. The fourth-order valence-corrected chi connectivity index (χ4v) is 6.60. The lowest BCUT2D eigenvalue weighted by Gasteiger charge is -2.47. The summed E-state index contributed by atoms with van der Waals surface area (Å²) in [5.74, 6) is 1.03. The maximum Gasteiger partial charge on any atom is 0.0654 e. The van der Waals surface area contributed by atoms with E-state index in [-0.39, 0.29) is 29.5 Å². The topological polar surface area (TPSA) is 60.7 Å². The molecule has 0 unspecified atom stereocenters. The molecule has 0 aromatic carbocycles. The molecule has 3 rings (SSSR count). The largest absolute Gasteiger partial charge is 0.393 e. The second-order valence-corrected chi connectivity index (χ2v) is 11.2. The fourth-order valence-electron chi connectivity index (χ4n) is 6.60. The highest BCUT2D eigenvalue weighted by Gasteiger charge is 2.54. The Bertz CT molecular complexity index is 686. The maximum absolute atomic E-state index is 11.5. The lowest BCUT2D eigenvalue weighted by molar-refractivity contribution is -0.0722. The monoisotopic (exact) mass is 416 g/mol. The molecule has 0 saturated heterocycles. The lowest BCUT2D eigenvalue weighted by atomic mass is 9.59. The van der Waals surface area contributed by atoms with E-state index < -0.39 is 5.60 Å². The molecule has 3 heteroatoms. The molecule has 0 radical (unpaired) electrons. The van der Waals surface area contributed by atoms with Crippen molar-refractivity contribution in [1.82, 2.24) is 0 Å². The van der Waals surface area contributed by atoms with Crippen LogP contribution in [-0.2, 0) is 0 Å². The molecule has 0 spiro atoms. The summed E-state index contributed by atoms with van der Waals surface area (Å²) in [6.07, 6.45) is 13.4. The zero-order valence-corrected chi connectivity index (χ0v) is 19.7. The molecular formula is C27H44O3. The molecule has 0 heterocycles. The van der Waals surface area contributed by atoms with E-state index in [1.54, 1.807) is 0 Å². The molecule has 0 amide bonds. The third-order valence-corrected chi connectivity index (χ3v) is 8.62. The van der Waals surface area contributed by atoms with Crippen LogP contribution in [0.2, 0.25) is 0 Å². The molecule has 0 aliphatic heterocycles. The van der Waals surface area contributed by atoms with E-state index in [1.165, 1.54) is 29.6 Å². The molecule has 6 atom stereocenters. The minimum absolute atomic E-state index is 0.123.